The lowest BCUT2D eigenvalue weighted by molar-refractivity contribution is 0.508. The molecule has 20 heavy (non-hydrogen) atoms. The third kappa shape index (κ3) is 2.83. The first kappa shape index (κ1) is 12.7. The second-order valence-corrected chi connectivity index (χ2v) is 5.06. The number of furan rings is 1. The Morgan fingerprint density at radius 2 is 1.35 bits per heavy atom. The van der Waals surface area contributed by atoms with Gasteiger partial charge in [-0.2, -0.15) is 0 Å². The summed E-state index contributed by atoms with van der Waals surface area (Å²) in [4.78, 5) is 0. The van der Waals surface area contributed by atoms with Crippen LogP contribution in [0.25, 0.3) is 0 Å². The number of aryl methyl sites for hydroxylation is 1. The zero-order chi connectivity index (χ0) is 13.8. The van der Waals surface area contributed by atoms with Crippen molar-refractivity contribution in [2.24, 2.45) is 0 Å². The van der Waals surface area contributed by atoms with Gasteiger partial charge in [0, 0.05) is 24.0 Å². The summed E-state index contributed by atoms with van der Waals surface area (Å²) in [6.07, 6.45) is 4.73. The second kappa shape index (κ2) is 5.79. The Balaban J connectivity index is 1.86. The van der Waals surface area contributed by atoms with E-state index in [4.69, 9.17) is 4.42 Å². The monoisotopic (exact) mass is 261 g/mol. The molecule has 0 fully saturated rings. The van der Waals surface area contributed by atoms with Gasteiger partial charge in [0.05, 0.1) is 0 Å². The molecule has 1 nitrogen and oxygen atoms in total. The molecule has 2 aromatic carbocycles. The predicted octanol–water partition coefficient (Wildman–Crippen LogP) is 4.57. The van der Waals surface area contributed by atoms with Gasteiger partial charge < -0.3 is 4.42 Å². The van der Waals surface area contributed by atoms with Crippen LogP contribution in [0, 0.1) is 13.2 Å². The summed E-state index contributed by atoms with van der Waals surface area (Å²) in [6, 6.07) is 20.9. The van der Waals surface area contributed by atoms with Gasteiger partial charge in [0.1, 0.15) is 5.76 Å². The van der Waals surface area contributed by atoms with Gasteiger partial charge in [0.25, 0.3) is 0 Å². The largest absolute Gasteiger partial charge is 0.457 e. The highest BCUT2D eigenvalue weighted by atomic mass is 16.3. The Bertz CT molecular complexity index is 666. The van der Waals surface area contributed by atoms with Crippen LogP contribution in [0.2, 0.25) is 0 Å². The summed E-state index contributed by atoms with van der Waals surface area (Å²) >= 11 is 0. The molecule has 3 aromatic rings. The minimum absolute atomic E-state index is 0.827. The topological polar surface area (TPSA) is 13.1 Å². The minimum Gasteiger partial charge on any atom is -0.457 e. The highest BCUT2D eigenvalue weighted by molar-refractivity contribution is 5.35. The fourth-order valence-electron chi connectivity index (χ4n) is 2.43. The summed E-state index contributed by atoms with van der Waals surface area (Å²) in [6.45, 7) is 2.07. The van der Waals surface area contributed by atoms with Crippen LogP contribution in [0.5, 0.6) is 0 Å². The van der Waals surface area contributed by atoms with Gasteiger partial charge in [-0.15, -0.1) is 0 Å². The normalized spacial score (nSPS) is 10.7. The van der Waals surface area contributed by atoms with Crippen molar-refractivity contribution in [3.05, 3.63) is 94.9 Å². The summed E-state index contributed by atoms with van der Waals surface area (Å²) in [7, 11) is 0. The number of hydrogen-bond acceptors (Lipinski definition) is 1. The molecule has 0 unspecified atom stereocenters. The standard InChI is InChI=1S/C19H17O/c1-15-14-20-19(13-17-10-6-3-7-11-17)18(15)12-16-8-4-2-5-9-16/h2-11H,12-13H2,1H3. The first-order valence-electron chi connectivity index (χ1n) is 6.89. The smallest absolute Gasteiger partial charge is 0.173 e. The molecule has 99 valence electrons. The van der Waals surface area contributed by atoms with E-state index in [0.29, 0.717) is 0 Å². The Morgan fingerprint density at radius 3 is 1.95 bits per heavy atom. The maximum atomic E-state index is 5.65. The van der Waals surface area contributed by atoms with Crippen LogP contribution in [-0.4, -0.2) is 0 Å². The van der Waals surface area contributed by atoms with Gasteiger partial charge in [-0.1, -0.05) is 60.7 Å². The van der Waals surface area contributed by atoms with Crippen molar-refractivity contribution in [1.29, 1.82) is 0 Å². The van der Waals surface area contributed by atoms with E-state index in [1.54, 1.807) is 0 Å². The van der Waals surface area contributed by atoms with Gasteiger partial charge >= 0.3 is 0 Å². The van der Waals surface area contributed by atoms with Crippen LogP contribution in [0.15, 0.2) is 65.1 Å². The lowest BCUT2D eigenvalue weighted by Crippen LogP contribution is -1.95. The summed E-state index contributed by atoms with van der Waals surface area (Å²) in [5.41, 5.74) is 4.95. The third-order valence-electron chi connectivity index (χ3n) is 3.55. The Labute approximate surface area is 119 Å². The van der Waals surface area contributed by atoms with Gasteiger partial charge in [-0.05, 0) is 18.1 Å². The fourth-order valence-corrected chi connectivity index (χ4v) is 2.43. The van der Waals surface area contributed by atoms with E-state index in [1.165, 1.54) is 16.7 Å². The molecule has 1 aromatic heterocycles. The van der Waals surface area contributed by atoms with Gasteiger partial charge in [0.15, 0.2) is 6.26 Å². The first-order valence-corrected chi connectivity index (χ1v) is 6.89. The highest BCUT2D eigenvalue weighted by Crippen LogP contribution is 2.22. The number of rotatable bonds is 4. The molecule has 0 saturated heterocycles. The van der Waals surface area contributed by atoms with Crippen molar-refractivity contribution in [3.63, 3.8) is 0 Å². The van der Waals surface area contributed by atoms with Crippen LogP contribution in [0.4, 0.5) is 0 Å². The Kier molecular flexibility index (Phi) is 3.69. The number of hydrogen-bond donors (Lipinski definition) is 0. The molecule has 0 aliphatic rings. The van der Waals surface area contributed by atoms with Crippen LogP contribution < -0.4 is 0 Å². The average molecular weight is 261 g/mol. The molecule has 1 heterocycles. The molecule has 0 aliphatic heterocycles. The molecule has 0 aliphatic carbocycles. The molecule has 3 rings (SSSR count). The summed E-state index contributed by atoms with van der Waals surface area (Å²) in [5.74, 6) is 1.03. The molecule has 0 amide bonds. The molecule has 1 heteroatoms. The average Bonchev–Trinajstić information content (AvgIpc) is 2.83. The highest BCUT2D eigenvalue weighted by Gasteiger charge is 2.12. The molecular weight excluding hydrogens is 244 g/mol. The van der Waals surface area contributed by atoms with E-state index >= 15 is 0 Å². The maximum Gasteiger partial charge on any atom is 0.173 e. The van der Waals surface area contributed by atoms with E-state index in [2.05, 4.69) is 61.7 Å². The molecular formula is C19H17O. The van der Waals surface area contributed by atoms with Gasteiger partial charge in [-0.3, -0.25) is 0 Å². The van der Waals surface area contributed by atoms with Crippen molar-refractivity contribution >= 4 is 0 Å². The van der Waals surface area contributed by atoms with Crippen LogP contribution in [-0.2, 0) is 12.8 Å². The van der Waals surface area contributed by atoms with E-state index in [1.807, 2.05) is 12.1 Å². The fraction of sp³-hybridized carbons (Fsp3) is 0.158. The second-order valence-electron chi connectivity index (χ2n) is 5.06. The lowest BCUT2D eigenvalue weighted by Gasteiger charge is -2.05. The van der Waals surface area contributed by atoms with E-state index < -0.39 is 0 Å². The van der Waals surface area contributed by atoms with Crippen molar-refractivity contribution in [2.45, 2.75) is 19.8 Å². The van der Waals surface area contributed by atoms with Crippen molar-refractivity contribution < 1.29 is 4.42 Å². The molecule has 0 atom stereocenters. The maximum absolute atomic E-state index is 5.65. The zero-order valence-electron chi connectivity index (χ0n) is 11.6. The number of benzene rings is 2. The SMILES string of the molecule is Cc1[c]oc(Cc2ccccc2)c1Cc1ccccc1. The van der Waals surface area contributed by atoms with Crippen LogP contribution >= 0.6 is 0 Å². The Hall–Kier alpha value is -2.28. The lowest BCUT2D eigenvalue weighted by atomic mass is 9.99. The van der Waals surface area contributed by atoms with Crippen LogP contribution in [0.3, 0.4) is 0 Å². The van der Waals surface area contributed by atoms with Crippen molar-refractivity contribution in [2.75, 3.05) is 0 Å². The molecule has 0 N–H and O–H groups in total. The molecule has 0 bridgehead atoms. The van der Waals surface area contributed by atoms with E-state index in [9.17, 15) is 0 Å². The molecule has 0 saturated carbocycles. The van der Waals surface area contributed by atoms with Gasteiger partial charge in [0.2, 0.25) is 0 Å². The summed E-state index contributed by atoms with van der Waals surface area (Å²) < 4.78 is 5.65. The van der Waals surface area contributed by atoms with E-state index in [0.717, 1.165) is 24.2 Å². The Morgan fingerprint density at radius 1 is 0.800 bits per heavy atom. The molecule has 1 radical (unpaired) electrons. The minimum atomic E-state index is 0.827. The molecule has 0 spiro atoms. The first-order chi connectivity index (χ1) is 9.83. The quantitative estimate of drug-likeness (QED) is 0.670. The predicted molar refractivity (Wildman–Crippen MR) is 80.8 cm³/mol. The zero-order valence-corrected chi connectivity index (χ0v) is 11.6. The van der Waals surface area contributed by atoms with E-state index in [-0.39, 0.29) is 0 Å². The van der Waals surface area contributed by atoms with Gasteiger partial charge in [-0.25, -0.2) is 0 Å². The van der Waals surface area contributed by atoms with Crippen molar-refractivity contribution in [3.8, 4) is 0 Å². The van der Waals surface area contributed by atoms with Crippen molar-refractivity contribution in [1.82, 2.24) is 0 Å². The third-order valence-corrected chi connectivity index (χ3v) is 3.55. The van der Waals surface area contributed by atoms with Crippen LogP contribution in [0.1, 0.15) is 28.0 Å². The summed E-state index contributed by atoms with van der Waals surface area (Å²) in [5, 5.41) is 0.